The number of nitriles is 1. The monoisotopic (exact) mass is 321 g/mol. The lowest BCUT2D eigenvalue weighted by atomic mass is 10.1. The van der Waals surface area contributed by atoms with Gasteiger partial charge in [0.15, 0.2) is 0 Å². The Morgan fingerprint density at radius 2 is 2.06 bits per heavy atom. The molecule has 0 aromatic heterocycles. The van der Waals surface area contributed by atoms with Gasteiger partial charge >= 0.3 is 0 Å². The van der Waals surface area contributed by atoms with Crippen molar-refractivity contribution in [1.29, 1.82) is 5.26 Å². The first-order chi connectivity index (χ1) is 8.61. The molecule has 0 aliphatic heterocycles. The molecule has 2 rings (SSSR count). The van der Waals surface area contributed by atoms with E-state index in [9.17, 15) is 0 Å². The molecule has 0 saturated heterocycles. The zero-order valence-electron chi connectivity index (χ0n) is 9.24. The summed E-state index contributed by atoms with van der Waals surface area (Å²) in [5, 5.41) is 12.7. The molecule has 3 N–H and O–H groups in total. The minimum absolute atomic E-state index is 0.443. The van der Waals surface area contributed by atoms with Crippen LogP contribution in [-0.2, 0) is 0 Å². The smallest absolute Gasteiger partial charge is 0.101 e. The summed E-state index contributed by atoms with van der Waals surface area (Å²) in [5.41, 5.74) is 8.19. The van der Waals surface area contributed by atoms with Crippen molar-refractivity contribution < 1.29 is 0 Å². The van der Waals surface area contributed by atoms with Gasteiger partial charge in [0.1, 0.15) is 6.07 Å². The van der Waals surface area contributed by atoms with Crippen molar-refractivity contribution in [3.63, 3.8) is 0 Å². The van der Waals surface area contributed by atoms with Crippen LogP contribution in [0.15, 0.2) is 40.9 Å². The summed E-state index contributed by atoms with van der Waals surface area (Å²) >= 11 is 9.41. The number of nitrogens with two attached hydrogens (primary N) is 1. The molecular formula is C13H9BrClN3. The number of rotatable bonds is 2. The second-order valence-electron chi connectivity index (χ2n) is 3.64. The van der Waals surface area contributed by atoms with E-state index in [0.717, 1.165) is 15.8 Å². The zero-order valence-corrected chi connectivity index (χ0v) is 11.6. The van der Waals surface area contributed by atoms with Gasteiger partial charge in [0, 0.05) is 11.4 Å². The van der Waals surface area contributed by atoms with E-state index in [0.29, 0.717) is 16.3 Å². The van der Waals surface area contributed by atoms with E-state index in [4.69, 9.17) is 22.6 Å². The highest BCUT2D eigenvalue weighted by molar-refractivity contribution is 9.10. The van der Waals surface area contributed by atoms with Crippen molar-refractivity contribution in [3.05, 3.63) is 51.5 Å². The predicted molar refractivity (Wildman–Crippen MR) is 78.0 cm³/mol. The Kier molecular flexibility index (Phi) is 3.75. The van der Waals surface area contributed by atoms with Gasteiger partial charge in [-0.05, 0) is 46.3 Å². The lowest BCUT2D eigenvalue weighted by Crippen LogP contribution is -1.95. The predicted octanol–water partition coefficient (Wildman–Crippen LogP) is 4.30. The molecule has 3 nitrogen and oxygen atoms in total. The van der Waals surface area contributed by atoms with Gasteiger partial charge in [-0.3, -0.25) is 0 Å². The highest BCUT2D eigenvalue weighted by Gasteiger charge is 2.05. The maximum atomic E-state index is 8.92. The molecule has 0 aliphatic rings. The van der Waals surface area contributed by atoms with Crippen LogP contribution >= 0.6 is 27.5 Å². The van der Waals surface area contributed by atoms with Crippen molar-refractivity contribution in [2.75, 3.05) is 11.1 Å². The van der Waals surface area contributed by atoms with E-state index >= 15 is 0 Å². The van der Waals surface area contributed by atoms with E-state index in [1.807, 2.05) is 24.3 Å². The second kappa shape index (κ2) is 5.30. The summed E-state index contributed by atoms with van der Waals surface area (Å²) < 4.78 is 0.780. The third kappa shape index (κ3) is 2.58. The number of nitrogens with zero attached hydrogens (tertiary/aromatic N) is 1. The Morgan fingerprint density at radius 3 is 2.78 bits per heavy atom. The maximum absolute atomic E-state index is 8.92. The van der Waals surface area contributed by atoms with Crippen LogP contribution in [0.4, 0.5) is 17.1 Å². The molecule has 90 valence electrons. The van der Waals surface area contributed by atoms with Crippen LogP contribution in [0.25, 0.3) is 0 Å². The Bertz CT molecular complexity index is 635. The summed E-state index contributed by atoms with van der Waals surface area (Å²) in [4.78, 5) is 0. The quantitative estimate of drug-likeness (QED) is 0.810. The molecule has 0 radical (unpaired) electrons. The summed E-state index contributed by atoms with van der Waals surface area (Å²) in [6, 6.07) is 12.8. The number of hydrogen-bond acceptors (Lipinski definition) is 3. The summed E-state index contributed by atoms with van der Waals surface area (Å²) in [5.74, 6) is 0. The third-order valence-corrected chi connectivity index (χ3v) is 3.80. The van der Waals surface area contributed by atoms with E-state index in [2.05, 4.69) is 21.2 Å². The highest BCUT2D eigenvalue weighted by Crippen LogP contribution is 2.32. The number of nitrogen functional groups attached to an aromatic ring is 1. The third-order valence-electron chi connectivity index (χ3n) is 2.40. The zero-order chi connectivity index (χ0) is 13.1. The van der Waals surface area contributed by atoms with Crippen LogP contribution in [0.2, 0.25) is 5.02 Å². The lowest BCUT2D eigenvalue weighted by molar-refractivity contribution is 1.47. The molecule has 0 bridgehead atoms. The van der Waals surface area contributed by atoms with Crippen molar-refractivity contribution >= 4 is 44.6 Å². The Labute approximate surface area is 118 Å². The second-order valence-corrected chi connectivity index (χ2v) is 4.84. The Hall–Kier alpha value is -1.70. The van der Waals surface area contributed by atoms with Crippen LogP contribution in [0, 0.1) is 11.3 Å². The van der Waals surface area contributed by atoms with E-state index in [1.54, 1.807) is 18.2 Å². The first-order valence-electron chi connectivity index (χ1n) is 5.12. The van der Waals surface area contributed by atoms with Crippen LogP contribution in [0.3, 0.4) is 0 Å². The topological polar surface area (TPSA) is 61.8 Å². The maximum Gasteiger partial charge on any atom is 0.101 e. The van der Waals surface area contributed by atoms with Gasteiger partial charge in [-0.2, -0.15) is 5.26 Å². The van der Waals surface area contributed by atoms with Crippen molar-refractivity contribution in [2.24, 2.45) is 0 Å². The van der Waals surface area contributed by atoms with Gasteiger partial charge in [-0.25, -0.2) is 0 Å². The number of benzene rings is 2. The highest BCUT2D eigenvalue weighted by atomic mass is 79.9. The van der Waals surface area contributed by atoms with E-state index < -0.39 is 0 Å². The molecule has 18 heavy (non-hydrogen) atoms. The molecule has 0 atom stereocenters. The van der Waals surface area contributed by atoms with Crippen LogP contribution in [-0.4, -0.2) is 0 Å². The fourth-order valence-corrected chi connectivity index (χ4v) is 2.02. The minimum Gasteiger partial charge on any atom is -0.398 e. The fraction of sp³-hybridized carbons (Fsp3) is 0. The number of anilines is 3. The summed E-state index contributed by atoms with van der Waals surface area (Å²) in [6.07, 6.45) is 0. The SMILES string of the molecule is N#Cc1cc(Nc2cccc(Cl)c2Br)ccc1N. The van der Waals surface area contributed by atoms with Crippen LogP contribution < -0.4 is 11.1 Å². The molecule has 0 saturated carbocycles. The average Bonchev–Trinajstić information content (AvgIpc) is 2.37. The lowest BCUT2D eigenvalue weighted by Gasteiger charge is -2.10. The number of hydrogen-bond donors (Lipinski definition) is 2. The van der Waals surface area contributed by atoms with E-state index in [-0.39, 0.29) is 0 Å². The molecule has 0 aliphatic carbocycles. The molecule has 0 fully saturated rings. The summed E-state index contributed by atoms with van der Waals surface area (Å²) in [7, 11) is 0. The van der Waals surface area contributed by atoms with Gasteiger partial charge in [0.25, 0.3) is 0 Å². The normalized spacial score (nSPS) is 9.83. The molecule has 0 heterocycles. The Morgan fingerprint density at radius 1 is 1.28 bits per heavy atom. The van der Waals surface area contributed by atoms with Crippen LogP contribution in [0.1, 0.15) is 5.56 Å². The van der Waals surface area contributed by atoms with Gasteiger partial charge < -0.3 is 11.1 Å². The first kappa shape index (κ1) is 12.7. The first-order valence-corrected chi connectivity index (χ1v) is 6.29. The summed E-state index contributed by atoms with van der Waals surface area (Å²) in [6.45, 7) is 0. The molecule has 0 spiro atoms. The van der Waals surface area contributed by atoms with Gasteiger partial charge in [-0.1, -0.05) is 17.7 Å². The molecule has 0 amide bonds. The fourth-order valence-electron chi connectivity index (χ4n) is 1.49. The van der Waals surface area contributed by atoms with Gasteiger partial charge in [0.05, 0.1) is 20.7 Å². The standard InChI is InChI=1S/C13H9BrClN3/c14-13-10(15)2-1-3-12(13)18-9-4-5-11(17)8(6-9)7-16/h1-6,18H,17H2. The molecular weight excluding hydrogens is 314 g/mol. The number of halogens is 2. The van der Waals surface area contributed by atoms with Gasteiger partial charge in [0.2, 0.25) is 0 Å². The van der Waals surface area contributed by atoms with Crippen molar-refractivity contribution in [3.8, 4) is 6.07 Å². The van der Waals surface area contributed by atoms with Crippen LogP contribution in [0.5, 0.6) is 0 Å². The van der Waals surface area contributed by atoms with Gasteiger partial charge in [-0.15, -0.1) is 0 Å². The molecule has 2 aromatic rings. The number of nitrogens with one attached hydrogen (secondary N) is 1. The largest absolute Gasteiger partial charge is 0.398 e. The molecule has 2 aromatic carbocycles. The van der Waals surface area contributed by atoms with Crippen molar-refractivity contribution in [2.45, 2.75) is 0 Å². The minimum atomic E-state index is 0.443. The average molecular weight is 323 g/mol. The molecule has 0 unspecified atom stereocenters. The molecule has 5 heteroatoms. The van der Waals surface area contributed by atoms with Crippen molar-refractivity contribution in [1.82, 2.24) is 0 Å². The van der Waals surface area contributed by atoms with E-state index in [1.165, 1.54) is 0 Å². The Balaban J connectivity index is 2.35.